The van der Waals surface area contributed by atoms with E-state index in [0.717, 1.165) is 40.6 Å². The summed E-state index contributed by atoms with van der Waals surface area (Å²) in [6.45, 7) is 11.1. The zero-order valence-electron chi connectivity index (χ0n) is 26.1. The summed E-state index contributed by atoms with van der Waals surface area (Å²) >= 11 is 7.05. The summed E-state index contributed by atoms with van der Waals surface area (Å²) in [7, 11) is 5.79. The molecule has 44 heavy (non-hydrogen) atoms. The number of anilines is 1. The molecule has 2 atom stereocenters. The molecular formula is C34H37ClFN7O. The van der Waals surface area contributed by atoms with E-state index in [1.165, 1.54) is 6.08 Å². The van der Waals surface area contributed by atoms with Crippen molar-refractivity contribution in [2.75, 3.05) is 38.6 Å². The van der Waals surface area contributed by atoms with Crippen LogP contribution in [-0.4, -0.2) is 81.3 Å². The van der Waals surface area contributed by atoms with E-state index in [0.29, 0.717) is 42.3 Å². The molecule has 0 spiro atoms. The van der Waals surface area contributed by atoms with Gasteiger partial charge in [-0.2, -0.15) is 5.10 Å². The van der Waals surface area contributed by atoms with Crippen molar-refractivity contribution in [1.29, 1.82) is 0 Å². The molecule has 0 unspecified atom stereocenters. The monoisotopic (exact) mass is 613 g/mol. The van der Waals surface area contributed by atoms with Crippen LogP contribution in [0, 0.1) is 24.6 Å². The Morgan fingerprint density at radius 2 is 1.93 bits per heavy atom. The number of piperazine rings is 1. The molecule has 1 aliphatic heterocycles. The van der Waals surface area contributed by atoms with Gasteiger partial charge in [-0.3, -0.25) is 14.4 Å². The summed E-state index contributed by atoms with van der Waals surface area (Å²) in [5.74, 6) is 6.68. The van der Waals surface area contributed by atoms with Gasteiger partial charge in [0.25, 0.3) is 0 Å². The third kappa shape index (κ3) is 5.20. The van der Waals surface area contributed by atoms with E-state index in [9.17, 15) is 4.79 Å². The maximum Gasteiger partial charge on any atom is 0.246 e. The molecule has 4 aromatic rings. The van der Waals surface area contributed by atoms with E-state index in [2.05, 4.69) is 28.3 Å². The summed E-state index contributed by atoms with van der Waals surface area (Å²) in [6, 6.07) is 5.59. The van der Waals surface area contributed by atoms with Crippen LogP contribution in [0.5, 0.6) is 0 Å². The van der Waals surface area contributed by atoms with Gasteiger partial charge in [-0.05, 0) is 77.4 Å². The van der Waals surface area contributed by atoms with Crippen LogP contribution in [0.4, 0.5) is 10.2 Å². The minimum Gasteiger partial charge on any atom is -0.349 e. The summed E-state index contributed by atoms with van der Waals surface area (Å²) < 4.78 is 19.0. The Morgan fingerprint density at radius 1 is 1.18 bits per heavy atom. The number of carbonyl (C=O) groups is 1. The molecule has 6 rings (SSSR count). The van der Waals surface area contributed by atoms with E-state index in [1.807, 2.05) is 63.6 Å². The van der Waals surface area contributed by atoms with Crippen molar-refractivity contribution < 1.29 is 9.18 Å². The van der Waals surface area contributed by atoms with Crippen LogP contribution in [0.2, 0.25) is 5.02 Å². The molecule has 228 valence electrons. The highest BCUT2D eigenvalue weighted by Crippen LogP contribution is 2.48. The van der Waals surface area contributed by atoms with Crippen molar-refractivity contribution in [3.63, 3.8) is 0 Å². The molecule has 1 saturated heterocycles. The van der Waals surface area contributed by atoms with Gasteiger partial charge in [0.15, 0.2) is 5.82 Å². The zero-order valence-corrected chi connectivity index (χ0v) is 26.8. The maximum atomic E-state index is 17.1. The molecule has 1 amide bonds. The predicted molar refractivity (Wildman–Crippen MR) is 175 cm³/mol. The first-order chi connectivity index (χ1) is 21.0. The van der Waals surface area contributed by atoms with Crippen LogP contribution in [0.25, 0.3) is 32.9 Å². The van der Waals surface area contributed by atoms with E-state index in [4.69, 9.17) is 21.7 Å². The Bertz CT molecular complexity index is 1880. The zero-order chi connectivity index (χ0) is 31.4. The molecule has 0 N–H and O–H groups in total. The number of aryl methyl sites for hydroxylation is 2. The van der Waals surface area contributed by atoms with Crippen molar-refractivity contribution in [2.45, 2.75) is 51.6 Å². The van der Waals surface area contributed by atoms with Gasteiger partial charge in [0.05, 0.1) is 22.8 Å². The van der Waals surface area contributed by atoms with Gasteiger partial charge in [0.2, 0.25) is 11.7 Å². The Labute approximate surface area is 262 Å². The average molecular weight is 614 g/mol. The van der Waals surface area contributed by atoms with Crippen LogP contribution >= 0.6 is 11.6 Å². The lowest BCUT2D eigenvalue weighted by molar-refractivity contribution is -0.128. The Balaban J connectivity index is 1.58. The number of aromatic nitrogens is 4. The number of benzene rings is 2. The fraction of sp³-hybridized carbons (Fsp3) is 0.412. The van der Waals surface area contributed by atoms with Gasteiger partial charge < -0.3 is 9.80 Å². The molecule has 1 saturated carbocycles. The summed E-state index contributed by atoms with van der Waals surface area (Å²) in [5.41, 5.74) is 4.08. The molecule has 0 radical (unpaired) electrons. The lowest BCUT2D eigenvalue weighted by Gasteiger charge is -2.44. The minimum atomic E-state index is -0.505. The molecular weight excluding hydrogens is 577 g/mol. The fourth-order valence-electron chi connectivity index (χ4n) is 6.26. The smallest absolute Gasteiger partial charge is 0.246 e. The van der Waals surface area contributed by atoms with Crippen molar-refractivity contribution in [2.24, 2.45) is 7.05 Å². The quantitative estimate of drug-likeness (QED) is 0.213. The molecule has 1 aliphatic carbocycles. The van der Waals surface area contributed by atoms with Crippen molar-refractivity contribution in [3.05, 3.63) is 58.8 Å². The number of hydrogen-bond donors (Lipinski definition) is 0. The number of halogens is 2. The highest BCUT2D eigenvalue weighted by molar-refractivity contribution is 6.35. The van der Waals surface area contributed by atoms with E-state index in [-0.39, 0.29) is 34.4 Å². The standard InChI is InChI=1S/C34H37ClFN7O/c1-8-27(44)42-17-21(4)43(18-20(42)3)34-23-16-24(35)29(31(36)33(23)37-26(38-34)10-9-15-40(5)6)28-19(2)11-14-25-30(28)32(22-12-13-22)39-41(25)7/h8,11,14,16,20-22H,1,12-13,15,17-18H2,2-7H3/t20-,21+/m1/s1. The molecule has 2 aromatic heterocycles. The molecule has 10 heteroatoms. The van der Waals surface area contributed by atoms with E-state index in [1.54, 1.807) is 11.0 Å². The normalized spacial score (nSPS) is 18.7. The molecule has 3 heterocycles. The first-order valence-electron chi connectivity index (χ1n) is 15.0. The van der Waals surface area contributed by atoms with Crippen LogP contribution in [0.1, 0.15) is 49.7 Å². The lowest BCUT2D eigenvalue weighted by Crippen LogP contribution is -2.58. The van der Waals surface area contributed by atoms with Crippen LogP contribution in [-0.2, 0) is 11.8 Å². The highest BCUT2D eigenvalue weighted by atomic mass is 35.5. The number of carbonyl (C=O) groups excluding carboxylic acids is 1. The Morgan fingerprint density at radius 3 is 2.61 bits per heavy atom. The van der Waals surface area contributed by atoms with Crippen molar-refractivity contribution in [3.8, 4) is 23.0 Å². The van der Waals surface area contributed by atoms with Crippen LogP contribution < -0.4 is 4.90 Å². The summed E-state index contributed by atoms with van der Waals surface area (Å²) in [5, 5.41) is 6.58. The van der Waals surface area contributed by atoms with Gasteiger partial charge in [-0.25, -0.2) is 14.4 Å². The maximum absolute atomic E-state index is 17.1. The first-order valence-corrected chi connectivity index (χ1v) is 15.4. The molecule has 2 aromatic carbocycles. The summed E-state index contributed by atoms with van der Waals surface area (Å²) in [6.07, 6.45) is 3.48. The van der Waals surface area contributed by atoms with Gasteiger partial charge in [0.1, 0.15) is 11.3 Å². The van der Waals surface area contributed by atoms with Gasteiger partial charge in [-0.15, -0.1) is 0 Å². The number of hydrogen-bond acceptors (Lipinski definition) is 6. The SMILES string of the molecule is C=CC(=O)N1C[C@H](C)N(c2nc(C#CCN(C)C)nc3c(F)c(-c4c(C)ccc5c4c(C4CC4)nn5C)c(Cl)cc23)C[C@H]1C. The molecule has 2 fully saturated rings. The number of nitrogens with zero attached hydrogens (tertiary/aromatic N) is 7. The highest BCUT2D eigenvalue weighted by Gasteiger charge is 2.35. The van der Waals surface area contributed by atoms with Crippen LogP contribution in [0.3, 0.4) is 0 Å². The van der Waals surface area contributed by atoms with Crippen LogP contribution in [0.15, 0.2) is 30.9 Å². The second kappa shape index (κ2) is 11.5. The molecule has 0 bridgehead atoms. The van der Waals surface area contributed by atoms with Crippen molar-refractivity contribution >= 4 is 45.1 Å². The number of amides is 1. The lowest BCUT2D eigenvalue weighted by atomic mass is 9.93. The predicted octanol–water partition coefficient (Wildman–Crippen LogP) is 5.69. The first kappa shape index (κ1) is 30.0. The summed E-state index contributed by atoms with van der Waals surface area (Å²) in [4.78, 5) is 27.9. The number of fused-ring (bicyclic) bond motifs is 2. The third-order valence-electron chi connectivity index (χ3n) is 8.64. The van der Waals surface area contributed by atoms with Gasteiger partial charge in [0, 0.05) is 60.0 Å². The third-order valence-corrected chi connectivity index (χ3v) is 8.94. The number of rotatable bonds is 5. The van der Waals surface area contributed by atoms with E-state index >= 15 is 4.39 Å². The Kier molecular flexibility index (Phi) is 7.85. The second-order valence-electron chi connectivity index (χ2n) is 12.3. The van der Waals surface area contributed by atoms with Crippen molar-refractivity contribution in [1.82, 2.24) is 29.5 Å². The molecule has 8 nitrogen and oxygen atoms in total. The largest absolute Gasteiger partial charge is 0.349 e. The average Bonchev–Trinajstić information content (AvgIpc) is 3.77. The topological polar surface area (TPSA) is 70.4 Å². The Hall–Kier alpha value is -4.00. The second-order valence-corrected chi connectivity index (χ2v) is 12.7. The van der Waals surface area contributed by atoms with Gasteiger partial charge >= 0.3 is 0 Å². The van der Waals surface area contributed by atoms with Gasteiger partial charge in [-0.1, -0.05) is 30.2 Å². The molecule has 2 aliphatic rings. The van der Waals surface area contributed by atoms with E-state index < -0.39 is 5.82 Å². The fourth-order valence-corrected chi connectivity index (χ4v) is 6.55. The minimum absolute atomic E-state index is 0.107.